The van der Waals surface area contributed by atoms with Gasteiger partial charge in [-0.15, -0.1) is 0 Å². The van der Waals surface area contributed by atoms with Crippen molar-refractivity contribution in [2.75, 3.05) is 33.3 Å². The molecule has 1 aromatic carbocycles. The number of rotatable bonds is 5. The summed E-state index contributed by atoms with van der Waals surface area (Å²) in [5.74, 6) is 1.70. The maximum Gasteiger partial charge on any atom is 0.191 e. The summed E-state index contributed by atoms with van der Waals surface area (Å²) >= 11 is 0. The van der Waals surface area contributed by atoms with Gasteiger partial charge in [-0.05, 0) is 44.1 Å². The predicted molar refractivity (Wildman–Crippen MR) is 117 cm³/mol. The third kappa shape index (κ3) is 3.68. The van der Waals surface area contributed by atoms with E-state index in [0.717, 1.165) is 25.5 Å². The van der Waals surface area contributed by atoms with Crippen molar-refractivity contribution >= 4 is 5.96 Å². The van der Waals surface area contributed by atoms with Crippen LogP contribution in [0.3, 0.4) is 0 Å². The zero-order valence-electron chi connectivity index (χ0n) is 17.8. The van der Waals surface area contributed by atoms with Crippen molar-refractivity contribution in [1.82, 2.24) is 15.5 Å². The minimum atomic E-state index is 0.402. The number of nitrogens with zero attached hydrogens (tertiary/aromatic N) is 2. The lowest BCUT2D eigenvalue weighted by atomic mass is 9.46. The first-order valence-electron chi connectivity index (χ1n) is 11.7. The van der Waals surface area contributed by atoms with E-state index in [4.69, 9.17) is 4.74 Å². The van der Waals surface area contributed by atoms with Gasteiger partial charge in [-0.3, -0.25) is 4.99 Å². The van der Waals surface area contributed by atoms with Crippen molar-refractivity contribution in [2.24, 2.45) is 16.3 Å². The van der Waals surface area contributed by atoms with Gasteiger partial charge in [-0.1, -0.05) is 36.8 Å². The Balaban J connectivity index is 1.08. The molecule has 0 radical (unpaired) electrons. The minimum Gasteiger partial charge on any atom is -0.377 e. The smallest absolute Gasteiger partial charge is 0.191 e. The first kappa shape index (κ1) is 19.4. The van der Waals surface area contributed by atoms with Gasteiger partial charge >= 0.3 is 0 Å². The molecular weight excluding hydrogens is 360 g/mol. The van der Waals surface area contributed by atoms with Crippen LogP contribution in [0.5, 0.6) is 0 Å². The molecule has 0 aromatic heterocycles. The zero-order valence-corrected chi connectivity index (χ0v) is 17.8. The van der Waals surface area contributed by atoms with Gasteiger partial charge in [0.1, 0.15) is 0 Å². The summed E-state index contributed by atoms with van der Waals surface area (Å²) in [6.07, 6.45) is 9.27. The Hall–Kier alpha value is -1.59. The Labute approximate surface area is 175 Å². The summed E-state index contributed by atoms with van der Waals surface area (Å²) in [6.45, 7) is 4.46. The number of hydrogen-bond donors (Lipinski definition) is 2. The monoisotopic (exact) mass is 396 g/mol. The maximum atomic E-state index is 6.07. The van der Waals surface area contributed by atoms with Crippen LogP contribution in [-0.4, -0.2) is 62.3 Å². The van der Waals surface area contributed by atoms with Crippen LogP contribution in [0.1, 0.15) is 44.1 Å². The molecule has 4 fully saturated rings. The molecule has 3 unspecified atom stereocenters. The highest BCUT2D eigenvalue weighted by molar-refractivity contribution is 5.80. The van der Waals surface area contributed by atoms with E-state index in [0.29, 0.717) is 29.5 Å². The lowest BCUT2D eigenvalue weighted by molar-refractivity contribution is -0.171. The van der Waals surface area contributed by atoms with Crippen molar-refractivity contribution in [2.45, 2.75) is 63.1 Å². The second-order valence-corrected chi connectivity index (χ2v) is 9.52. The number of fused-ring (bicyclic) bond motifs is 2. The summed E-state index contributed by atoms with van der Waals surface area (Å²) in [6, 6.07) is 11.9. The van der Waals surface area contributed by atoms with Gasteiger partial charge in [0.25, 0.3) is 0 Å². The molecule has 29 heavy (non-hydrogen) atoms. The molecule has 4 aliphatic rings. The average molecular weight is 397 g/mol. The molecule has 5 rings (SSSR count). The van der Waals surface area contributed by atoms with Crippen LogP contribution in [0.2, 0.25) is 0 Å². The van der Waals surface area contributed by atoms with Crippen LogP contribution in [0.15, 0.2) is 35.3 Å². The number of guanidine groups is 1. The number of benzene rings is 1. The van der Waals surface area contributed by atoms with E-state index in [9.17, 15) is 0 Å². The number of likely N-dealkylation sites (tertiary alicyclic amines) is 1. The van der Waals surface area contributed by atoms with Gasteiger partial charge in [0.2, 0.25) is 0 Å². The molecular formula is C24H36N4O. The van der Waals surface area contributed by atoms with E-state index >= 15 is 0 Å². The van der Waals surface area contributed by atoms with Crippen molar-refractivity contribution in [3.05, 3.63) is 35.9 Å². The van der Waals surface area contributed by atoms with Gasteiger partial charge in [-0.25, -0.2) is 0 Å². The van der Waals surface area contributed by atoms with Crippen molar-refractivity contribution in [3.63, 3.8) is 0 Å². The first-order chi connectivity index (χ1) is 14.3. The predicted octanol–water partition coefficient (Wildman–Crippen LogP) is 2.82. The molecule has 158 valence electrons. The second-order valence-electron chi connectivity index (χ2n) is 9.52. The zero-order chi connectivity index (χ0) is 19.7. The number of piperidine rings is 1. The fourth-order valence-electron chi connectivity index (χ4n) is 6.20. The lowest BCUT2D eigenvalue weighted by Gasteiger charge is -2.63. The fraction of sp³-hybridized carbons (Fsp3) is 0.708. The standard InChI is InChI=1S/C24H36N4O/c1-25-23(27-21-20-11-17-29-22(20)24(21)12-5-13-24)26-19-9-15-28(16-10-19)14-8-18-6-3-2-4-7-18/h2-4,6-7,19-22H,5,8-17H2,1H3,(H2,25,26,27). The van der Waals surface area contributed by atoms with Crippen LogP contribution < -0.4 is 10.6 Å². The lowest BCUT2D eigenvalue weighted by Crippen LogP contribution is -2.72. The third-order valence-corrected chi connectivity index (χ3v) is 8.04. The topological polar surface area (TPSA) is 48.9 Å². The van der Waals surface area contributed by atoms with Gasteiger partial charge in [0.15, 0.2) is 5.96 Å². The van der Waals surface area contributed by atoms with E-state index in [2.05, 4.69) is 50.9 Å². The Morgan fingerprint density at radius 2 is 1.93 bits per heavy atom. The van der Waals surface area contributed by atoms with Gasteiger partial charge in [-0.2, -0.15) is 0 Å². The molecule has 0 bridgehead atoms. The van der Waals surface area contributed by atoms with E-state index in [1.54, 1.807) is 0 Å². The summed E-state index contributed by atoms with van der Waals surface area (Å²) < 4.78 is 6.07. The van der Waals surface area contributed by atoms with Crippen LogP contribution in [0.25, 0.3) is 0 Å². The van der Waals surface area contributed by atoms with Crippen molar-refractivity contribution < 1.29 is 4.74 Å². The molecule has 3 atom stereocenters. The molecule has 2 aliphatic carbocycles. The van der Waals surface area contributed by atoms with Crippen molar-refractivity contribution in [1.29, 1.82) is 0 Å². The fourth-order valence-corrected chi connectivity index (χ4v) is 6.20. The van der Waals surface area contributed by atoms with Crippen LogP contribution >= 0.6 is 0 Å². The summed E-state index contributed by atoms with van der Waals surface area (Å²) in [5.41, 5.74) is 1.84. The van der Waals surface area contributed by atoms with E-state index < -0.39 is 0 Å². The number of hydrogen-bond acceptors (Lipinski definition) is 3. The van der Waals surface area contributed by atoms with Crippen LogP contribution in [0, 0.1) is 11.3 Å². The van der Waals surface area contributed by atoms with Gasteiger partial charge in [0, 0.05) is 56.7 Å². The number of nitrogens with one attached hydrogen (secondary N) is 2. The Morgan fingerprint density at radius 3 is 2.62 bits per heavy atom. The molecule has 2 N–H and O–H groups in total. The average Bonchev–Trinajstić information content (AvgIpc) is 3.15. The van der Waals surface area contributed by atoms with E-state index in [1.807, 2.05) is 7.05 Å². The number of aliphatic imine (C=N–C) groups is 1. The third-order valence-electron chi connectivity index (χ3n) is 8.04. The first-order valence-corrected chi connectivity index (χ1v) is 11.7. The van der Waals surface area contributed by atoms with Crippen molar-refractivity contribution in [3.8, 4) is 0 Å². The molecule has 2 aliphatic heterocycles. The Morgan fingerprint density at radius 1 is 1.14 bits per heavy atom. The van der Waals surface area contributed by atoms with Gasteiger partial charge < -0.3 is 20.3 Å². The molecule has 1 spiro atoms. The quantitative estimate of drug-likeness (QED) is 0.594. The summed E-state index contributed by atoms with van der Waals surface area (Å²) in [4.78, 5) is 7.19. The summed E-state index contributed by atoms with van der Waals surface area (Å²) in [7, 11) is 1.92. The highest BCUT2D eigenvalue weighted by Crippen LogP contribution is 2.62. The molecule has 5 nitrogen and oxygen atoms in total. The largest absolute Gasteiger partial charge is 0.377 e. The minimum absolute atomic E-state index is 0.402. The molecule has 2 saturated heterocycles. The van der Waals surface area contributed by atoms with Gasteiger partial charge in [0.05, 0.1) is 6.10 Å². The number of ether oxygens (including phenoxy) is 1. The molecule has 5 heteroatoms. The van der Waals surface area contributed by atoms with E-state index in [-0.39, 0.29) is 0 Å². The molecule has 2 heterocycles. The molecule has 0 amide bonds. The highest BCUT2D eigenvalue weighted by atomic mass is 16.5. The van der Waals surface area contributed by atoms with E-state index in [1.165, 1.54) is 57.2 Å². The Bertz CT molecular complexity index is 709. The highest BCUT2D eigenvalue weighted by Gasteiger charge is 2.66. The Kier molecular flexibility index (Phi) is 5.53. The molecule has 2 saturated carbocycles. The van der Waals surface area contributed by atoms with Crippen LogP contribution in [-0.2, 0) is 11.2 Å². The summed E-state index contributed by atoms with van der Waals surface area (Å²) in [5, 5.41) is 7.55. The van der Waals surface area contributed by atoms with Crippen LogP contribution in [0.4, 0.5) is 0 Å². The SMILES string of the molecule is CN=C(NC1CCN(CCc2ccccc2)CC1)NC1C2CCOC2C12CCC2. The second kappa shape index (κ2) is 8.27. The normalized spacial score (nSPS) is 31.8. The molecule has 1 aromatic rings. The maximum absolute atomic E-state index is 6.07.